The number of rotatable bonds is 4. The Bertz CT molecular complexity index is 979. The molecule has 3 aromatic rings. The fraction of sp³-hybridized carbons (Fsp3) is 0.286. The van der Waals surface area contributed by atoms with Gasteiger partial charge in [0.05, 0.1) is 12.8 Å². The summed E-state index contributed by atoms with van der Waals surface area (Å²) in [5.41, 5.74) is 3.90. The molecule has 1 amide bonds. The minimum absolute atomic E-state index is 0.0329. The quantitative estimate of drug-likeness (QED) is 0.703. The molecule has 1 aliphatic rings. The SMILES string of the molecule is COc1ccc(C)cc1N1CC(c2noc(-c3ccc(C)cc3)n2)CC1=O. The molecule has 0 N–H and O–H groups in total. The zero-order valence-electron chi connectivity index (χ0n) is 15.6. The maximum atomic E-state index is 12.6. The van der Waals surface area contributed by atoms with Crippen LogP contribution in [0.3, 0.4) is 0 Å². The topological polar surface area (TPSA) is 68.5 Å². The van der Waals surface area contributed by atoms with E-state index in [4.69, 9.17) is 9.26 Å². The number of hydrogen-bond donors (Lipinski definition) is 0. The molecule has 0 spiro atoms. The molecule has 0 radical (unpaired) electrons. The van der Waals surface area contributed by atoms with Crippen molar-refractivity contribution in [2.45, 2.75) is 26.2 Å². The van der Waals surface area contributed by atoms with Crippen LogP contribution in [0.4, 0.5) is 5.69 Å². The highest BCUT2D eigenvalue weighted by molar-refractivity contribution is 5.97. The molecule has 1 atom stereocenters. The van der Waals surface area contributed by atoms with Crippen LogP contribution in [0.2, 0.25) is 0 Å². The third-order valence-corrected chi connectivity index (χ3v) is 4.86. The summed E-state index contributed by atoms with van der Waals surface area (Å²) in [5.74, 6) is 1.65. The average Bonchev–Trinajstić information content (AvgIpc) is 3.29. The molecule has 1 aliphatic heterocycles. The van der Waals surface area contributed by atoms with Crippen molar-refractivity contribution in [3.8, 4) is 17.2 Å². The van der Waals surface area contributed by atoms with E-state index in [0.717, 1.165) is 16.8 Å². The molecular weight excluding hydrogens is 342 g/mol. The van der Waals surface area contributed by atoms with E-state index in [1.165, 1.54) is 5.56 Å². The van der Waals surface area contributed by atoms with Crippen molar-refractivity contribution in [3.63, 3.8) is 0 Å². The number of aryl methyl sites for hydroxylation is 2. The number of anilines is 1. The van der Waals surface area contributed by atoms with E-state index in [0.29, 0.717) is 30.4 Å². The second-order valence-electron chi connectivity index (χ2n) is 6.90. The van der Waals surface area contributed by atoms with Crippen molar-refractivity contribution >= 4 is 11.6 Å². The molecule has 2 heterocycles. The molecule has 0 aliphatic carbocycles. The lowest BCUT2D eigenvalue weighted by Gasteiger charge is -2.19. The van der Waals surface area contributed by atoms with Crippen molar-refractivity contribution in [2.24, 2.45) is 0 Å². The van der Waals surface area contributed by atoms with Gasteiger partial charge in [0.15, 0.2) is 5.82 Å². The van der Waals surface area contributed by atoms with Crippen LogP contribution >= 0.6 is 0 Å². The predicted molar refractivity (Wildman–Crippen MR) is 102 cm³/mol. The molecule has 1 saturated heterocycles. The summed E-state index contributed by atoms with van der Waals surface area (Å²) < 4.78 is 10.9. The highest BCUT2D eigenvalue weighted by atomic mass is 16.5. The van der Waals surface area contributed by atoms with Crippen LogP contribution in [0.15, 0.2) is 47.0 Å². The van der Waals surface area contributed by atoms with Crippen molar-refractivity contribution in [3.05, 3.63) is 59.4 Å². The van der Waals surface area contributed by atoms with Crippen LogP contribution in [0.1, 0.15) is 29.3 Å². The predicted octanol–water partition coefficient (Wildman–Crippen LogP) is 3.88. The zero-order chi connectivity index (χ0) is 19.0. The summed E-state index contributed by atoms with van der Waals surface area (Å²) in [7, 11) is 1.61. The van der Waals surface area contributed by atoms with Crippen LogP contribution in [0.25, 0.3) is 11.5 Å². The molecule has 4 rings (SSSR count). The minimum Gasteiger partial charge on any atom is -0.495 e. The lowest BCUT2D eigenvalue weighted by Crippen LogP contribution is -2.25. The molecule has 1 fully saturated rings. The van der Waals surface area contributed by atoms with E-state index in [-0.39, 0.29) is 11.8 Å². The van der Waals surface area contributed by atoms with Gasteiger partial charge in [-0.05, 0) is 43.7 Å². The van der Waals surface area contributed by atoms with Gasteiger partial charge in [-0.2, -0.15) is 4.98 Å². The largest absolute Gasteiger partial charge is 0.495 e. The van der Waals surface area contributed by atoms with Crippen molar-refractivity contribution < 1.29 is 14.1 Å². The van der Waals surface area contributed by atoms with Gasteiger partial charge in [-0.15, -0.1) is 0 Å². The molecule has 2 aromatic carbocycles. The summed E-state index contributed by atoms with van der Waals surface area (Å²) in [4.78, 5) is 18.9. The van der Waals surface area contributed by atoms with Gasteiger partial charge in [0, 0.05) is 24.4 Å². The Morgan fingerprint density at radius 3 is 2.59 bits per heavy atom. The van der Waals surface area contributed by atoms with Gasteiger partial charge in [-0.25, -0.2) is 0 Å². The van der Waals surface area contributed by atoms with Gasteiger partial charge in [0.1, 0.15) is 5.75 Å². The number of benzene rings is 2. The molecule has 1 aromatic heterocycles. The summed E-state index contributed by atoms with van der Waals surface area (Å²) >= 11 is 0. The van der Waals surface area contributed by atoms with Gasteiger partial charge < -0.3 is 14.2 Å². The van der Waals surface area contributed by atoms with Crippen LogP contribution in [0, 0.1) is 13.8 Å². The molecule has 6 heteroatoms. The van der Waals surface area contributed by atoms with Crippen LogP contribution in [-0.4, -0.2) is 29.7 Å². The molecular formula is C21H21N3O3. The molecule has 0 bridgehead atoms. The normalized spacial score (nSPS) is 16.8. The molecule has 6 nitrogen and oxygen atoms in total. The van der Waals surface area contributed by atoms with Crippen LogP contribution < -0.4 is 9.64 Å². The Balaban J connectivity index is 1.58. The number of nitrogens with zero attached hydrogens (tertiary/aromatic N) is 3. The highest BCUT2D eigenvalue weighted by Crippen LogP contribution is 2.36. The standard InChI is InChI=1S/C21H21N3O3/c1-13-4-7-15(8-5-13)21-22-20(23-27-21)16-11-19(25)24(12-16)17-10-14(2)6-9-18(17)26-3/h4-10,16H,11-12H2,1-3H3. The van der Waals surface area contributed by atoms with Crippen molar-refractivity contribution in [2.75, 3.05) is 18.6 Å². The maximum Gasteiger partial charge on any atom is 0.257 e. The monoisotopic (exact) mass is 363 g/mol. The van der Waals surface area contributed by atoms with Crippen LogP contribution in [-0.2, 0) is 4.79 Å². The lowest BCUT2D eigenvalue weighted by atomic mass is 10.1. The highest BCUT2D eigenvalue weighted by Gasteiger charge is 2.35. The first-order valence-electron chi connectivity index (χ1n) is 8.91. The summed E-state index contributed by atoms with van der Waals surface area (Å²) in [5, 5.41) is 4.12. The third-order valence-electron chi connectivity index (χ3n) is 4.86. The first-order valence-corrected chi connectivity index (χ1v) is 8.91. The van der Waals surface area contributed by atoms with Crippen molar-refractivity contribution in [1.29, 1.82) is 0 Å². The smallest absolute Gasteiger partial charge is 0.257 e. The maximum absolute atomic E-state index is 12.6. The second-order valence-corrected chi connectivity index (χ2v) is 6.90. The van der Waals surface area contributed by atoms with E-state index in [1.54, 1.807) is 12.0 Å². The number of ether oxygens (including phenoxy) is 1. The summed E-state index contributed by atoms with van der Waals surface area (Å²) in [6.07, 6.45) is 0.351. The minimum atomic E-state index is -0.106. The number of carbonyl (C=O) groups excluding carboxylic acids is 1. The fourth-order valence-corrected chi connectivity index (χ4v) is 3.34. The van der Waals surface area contributed by atoms with E-state index in [9.17, 15) is 4.79 Å². The second kappa shape index (κ2) is 6.87. The van der Waals surface area contributed by atoms with Crippen molar-refractivity contribution in [1.82, 2.24) is 10.1 Å². The number of hydrogen-bond acceptors (Lipinski definition) is 5. The Hall–Kier alpha value is -3.15. The third kappa shape index (κ3) is 3.30. The Kier molecular flexibility index (Phi) is 4.39. The zero-order valence-corrected chi connectivity index (χ0v) is 15.6. The van der Waals surface area contributed by atoms with Gasteiger partial charge in [0.2, 0.25) is 5.91 Å². The van der Waals surface area contributed by atoms with E-state index in [1.807, 2.05) is 56.3 Å². The fourth-order valence-electron chi connectivity index (χ4n) is 3.34. The summed E-state index contributed by atoms with van der Waals surface area (Å²) in [6, 6.07) is 13.7. The van der Waals surface area contributed by atoms with Gasteiger partial charge in [-0.1, -0.05) is 28.9 Å². The Morgan fingerprint density at radius 1 is 1.11 bits per heavy atom. The van der Waals surface area contributed by atoms with Gasteiger partial charge in [-0.3, -0.25) is 4.79 Å². The van der Waals surface area contributed by atoms with E-state index >= 15 is 0 Å². The lowest BCUT2D eigenvalue weighted by molar-refractivity contribution is -0.117. The molecule has 1 unspecified atom stereocenters. The molecule has 138 valence electrons. The first-order chi connectivity index (χ1) is 13.0. The van der Waals surface area contributed by atoms with Crippen LogP contribution in [0.5, 0.6) is 5.75 Å². The number of carbonyl (C=O) groups is 1. The average molecular weight is 363 g/mol. The first kappa shape index (κ1) is 17.3. The molecule has 27 heavy (non-hydrogen) atoms. The van der Waals surface area contributed by atoms with E-state index < -0.39 is 0 Å². The number of aromatic nitrogens is 2. The molecule has 0 saturated carbocycles. The Labute approximate surface area is 157 Å². The van der Waals surface area contributed by atoms with Gasteiger partial charge >= 0.3 is 0 Å². The number of methoxy groups -OCH3 is 1. The van der Waals surface area contributed by atoms with Gasteiger partial charge in [0.25, 0.3) is 5.89 Å². The summed E-state index contributed by atoms with van der Waals surface area (Å²) in [6.45, 7) is 4.53. The Morgan fingerprint density at radius 2 is 1.85 bits per heavy atom. The number of amides is 1. The van der Waals surface area contributed by atoms with E-state index in [2.05, 4.69) is 10.1 Å².